The van der Waals surface area contributed by atoms with Crippen molar-refractivity contribution >= 4 is 22.7 Å². The van der Waals surface area contributed by atoms with E-state index in [1.54, 1.807) is 12.3 Å². The van der Waals surface area contributed by atoms with Gasteiger partial charge in [-0.15, -0.1) is 0 Å². The number of amides is 2. The van der Waals surface area contributed by atoms with Gasteiger partial charge in [0.2, 0.25) is 5.91 Å². The summed E-state index contributed by atoms with van der Waals surface area (Å²) in [6.07, 6.45) is 3.72. The van der Waals surface area contributed by atoms with E-state index < -0.39 is 0 Å². The van der Waals surface area contributed by atoms with Gasteiger partial charge in [-0.05, 0) is 49.4 Å². The number of ether oxygens (including phenoxy) is 2. The predicted molar refractivity (Wildman–Crippen MR) is 142 cm³/mol. The van der Waals surface area contributed by atoms with Crippen LogP contribution in [0.2, 0.25) is 0 Å². The summed E-state index contributed by atoms with van der Waals surface area (Å²) in [5, 5.41) is 3.49. The molecule has 1 N–H and O–H groups in total. The molecule has 198 valence electrons. The molecule has 2 amide bonds. The van der Waals surface area contributed by atoms with E-state index >= 15 is 0 Å². The van der Waals surface area contributed by atoms with Gasteiger partial charge in [0.1, 0.15) is 18.9 Å². The first-order chi connectivity index (χ1) is 17.0. The Balaban J connectivity index is 1.54. The monoisotopic (exact) mass is 499 g/mol. The molecule has 8 nitrogen and oxygen atoms in total. The highest BCUT2D eigenvalue weighted by molar-refractivity contribution is 6.07. The molecule has 1 aliphatic heterocycles. The van der Waals surface area contributed by atoms with Gasteiger partial charge in [0.05, 0.1) is 51.5 Å². The van der Waals surface area contributed by atoms with Crippen molar-refractivity contribution in [1.82, 2.24) is 15.2 Å². The van der Waals surface area contributed by atoms with Gasteiger partial charge in [0, 0.05) is 24.2 Å². The number of carbonyl (C=O) groups excluding carboxylic acids is 2. The fourth-order valence-electron chi connectivity index (χ4n) is 5.04. The van der Waals surface area contributed by atoms with Crippen LogP contribution in [0.5, 0.6) is 5.75 Å². The standard InChI is InChI=1S/C28H42N4O4/c1-7-12-32(5,6)13-14-35-15-16-36-22-8-9-25-24(17-22)23(10-11-29-25)27(34)30-19-26(33)31-20-28(3,4)18-21(31)2/h8-11,17,21H,7,12-16,18-20H2,1-6H3/p+1/t21-/m1/s1. The van der Waals surface area contributed by atoms with E-state index in [0.717, 1.165) is 30.4 Å². The van der Waals surface area contributed by atoms with Crippen LogP contribution in [0.4, 0.5) is 0 Å². The Kier molecular flexibility index (Phi) is 9.30. The first-order valence-corrected chi connectivity index (χ1v) is 13.0. The van der Waals surface area contributed by atoms with Gasteiger partial charge in [0.25, 0.3) is 5.91 Å². The summed E-state index contributed by atoms with van der Waals surface area (Å²) in [5.41, 5.74) is 1.27. The third kappa shape index (κ3) is 7.64. The second-order valence-corrected chi connectivity index (χ2v) is 11.3. The number of nitrogens with zero attached hydrogens (tertiary/aromatic N) is 3. The molecule has 1 aliphatic rings. The van der Waals surface area contributed by atoms with Crippen molar-refractivity contribution in [2.75, 3.05) is 60.1 Å². The van der Waals surface area contributed by atoms with Crippen LogP contribution < -0.4 is 10.1 Å². The Morgan fingerprint density at radius 2 is 1.94 bits per heavy atom. The number of likely N-dealkylation sites (N-methyl/N-ethyl adjacent to an activating group) is 1. The molecule has 1 saturated heterocycles. The average molecular weight is 500 g/mol. The van der Waals surface area contributed by atoms with Crippen LogP contribution in [-0.2, 0) is 9.53 Å². The van der Waals surface area contributed by atoms with Crippen LogP contribution in [0.15, 0.2) is 30.5 Å². The van der Waals surface area contributed by atoms with Crippen molar-refractivity contribution < 1.29 is 23.5 Å². The third-order valence-electron chi connectivity index (χ3n) is 6.82. The molecule has 1 aromatic carbocycles. The molecular weight excluding hydrogens is 456 g/mol. The Bertz CT molecular complexity index is 1050. The normalized spacial score (nSPS) is 17.4. The molecule has 0 radical (unpaired) electrons. The number of quaternary nitrogens is 1. The van der Waals surface area contributed by atoms with E-state index in [2.05, 4.69) is 52.1 Å². The molecule has 8 heteroatoms. The highest BCUT2D eigenvalue weighted by atomic mass is 16.5. The first-order valence-electron chi connectivity index (χ1n) is 13.0. The molecule has 0 unspecified atom stereocenters. The highest BCUT2D eigenvalue weighted by Gasteiger charge is 2.37. The SMILES string of the molecule is CCC[N+](C)(C)CCOCCOc1ccc2nccc(C(=O)NCC(=O)N3CC(C)(C)C[C@H]3C)c2c1. The highest BCUT2D eigenvalue weighted by Crippen LogP contribution is 2.33. The molecule has 36 heavy (non-hydrogen) atoms. The van der Waals surface area contributed by atoms with Crippen LogP contribution in [0.25, 0.3) is 10.9 Å². The molecule has 1 atom stereocenters. The molecule has 0 aliphatic carbocycles. The van der Waals surface area contributed by atoms with Gasteiger partial charge in [0.15, 0.2) is 0 Å². The summed E-state index contributed by atoms with van der Waals surface area (Å²) in [4.78, 5) is 32.0. The summed E-state index contributed by atoms with van der Waals surface area (Å²) in [7, 11) is 4.42. The molecule has 3 rings (SSSR count). The van der Waals surface area contributed by atoms with Crippen molar-refractivity contribution in [2.45, 2.75) is 46.6 Å². The van der Waals surface area contributed by atoms with Crippen LogP contribution in [0, 0.1) is 5.41 Å². The number of nitrogens with one attached hydrogen (secondary N) is 1. The molecule has 0 spiro atoms. The maximum absolute atomic E-state index is 13.0. The zero-order valence-electron chi connectivity index (χ0n) is 22.8. The summed E-state index contributed by atoms with van der Waals surface area (Å²) in [6.45, 7) is 13.0. The van der Waals surface area contributed by atoms with E-state index in [1.807, 2.05) is 23.1 Å². The zero-order chi connectivity index (χ0) is 26.3. The molecule has 0 bridgehead atoms. The lowest BCUT2D eigenvalue weighted by molar-refractivity contribution is -0.890. The van der Waals surface area contributed by atoms with Crippen molar-refractivity contribution in [3.63, 3.8) is 0 Å². The van der Waals surface area contributed by atoms with Crippen molar-refractivity contribution in [3.05, 3.63) is 36.0 Å². The first kappa shape index (κ1) is 27.9. The van der Waals surface area contributed by atoms with Gasteiger partial charge >= 0.3 is 0 Å². The van der Waals surface area contributed by atoms with E-state index in [1.165, 1.54) is 0 Å². The van der Waals surface area contributed by atoms with Crippen LogP contribution in [0.3, 0.4) is 0 Å². The van der Waals surface area contributed by atoms with Gasteiger partial charge in [-0.1, -0.05) is 20.8 Å². The summed E-state index contributed by atoms with van der Waals surface area (Å²) in [5.74, 6) is 0.301. The topological polar surface area (TPSA) is 80.8 Å². The van der Waals surface area contributed by atoms with Crippen molar-refractivity contribution in [3.8, 4) is 5.75 Å². The number of likely N-dealkylation sites (tertiary alicyclic amines) is 1. The summed E-state index contributed by atoms with van der Waals surface area (Å²) >= 11 is 0. The Hall–Kier alpha value is -2.71. The number of rotatable bonds is 12. The maximum atomic E-state index is 13.0. The quantitative estimate of drug-likeness (QED) is 0.357. The van der Waals surface area contributed by atoms with E-state index in [0.29, 0.717) is 48.6 Å². The fraction of sp³-hybridized carbons (Fsp3) is 0.607. The number of carbonyl (C=O) groups is 2. The number of aromatic nitrogens is 1. The number of pyridine rings is 1. The minimum atomic E-state index is -0.296. The maximum Gasteiger partial charge on any atom is 0.252 e. The minimum absolute atomic E-state index is 0.0234. The van der Waals surface area contributed by atoms with E-state index in [9.17, 15) is 9.59 Å². The smallest absolute Gasteiger partial charge is 0.252 e. The molecule has 1 aromatic heterocycles. The number of hydrogen-bond acceptors (Lipinski definition) is 5. The van der Waals surface area contributed by atoms with E-state index in [-0.39, 0.29) is 29.8 Å². The largest absolute Gasteiger partial charge is 0.491 e. The molecule has 0 saturated carbocycles. The number of hydrogen-bond donors (Lipinski definition) is 1. The van der Waals surface area contributed by atoms with E-state index in [4.69, 9.17) is 9.47 Å². The second-order valence-electron chi connectivity index (χ2n) is 11.3. The number of benzene rings is 1. The van der Waals surface area contributed by atoms with Crippen LogP contribution in [0.1, 0.15) is 50.9 Å². The van der Waals surface area contributed by atoms with Gasteiger partial charge < -0.3 is 24.2 Å². The fourth-order valence-corrected chi connectivity index (χ4v) is 5.04. The van der Waals surface area contributed by atoms with Gasteiger partial charge in [-0.25, -0.2) is 0 Å². The molecule has 2 heterocycles. The zero-order valence-corrected chi connectivity index (χ0v) is 22.8. The van der Waals surface area contributed by atoms with Crippen LogP contribution >= 0.6 is 0 Å². The summed E-state index contributed by atoms with van der Waals surface area (Å²) in [6, 6.07) is 7.36. The third-order valence-corrected chi connectivity index (χ3v) is 6.82. The lowest BCUT2D eigenvalue weighted by Crippen LogP contribution is -2.42. The number of fused-ring (bicyclic) bond motifs is 1. The molecule has 1 fully saturated rings. The lowest BCUT2D eigenvalue weighted by Gasteiger charge is -2.29. The van der Waals surface area contributed by atoms with Crippen LogP contribution in [-0.4, -0.2) is 92.3 Å². The molecule has 2 aromatic rings. The van der Waals surface area contributed by atoms with Crippen molar-refractivity contribution in [2.24, 2.45) is 5.41 Å². The van der Waals surface area contributed by atoms with Gasteiger partial charge in [-0.3, -0.25) is 14.6 Å². The Morgan fingerprint density at radius 3 is 2.64 bits per heavy atom. The minimum Gasteiger partial charge on any atom is -0.491 e. The lowest BCUT2D eigenvalue weighted by atomic mass is 9.91. The predicted octanol–water partition coefficient (Wildman–Crippen LogP) is 3.49. The Labute approximate surface area is 215 Å². The second kappa shape index (κ2) is 12.0. The Morgan fingerprint density at radius 1 is 1.17 bits per heavy atom. The average Bonchev–Trinajstić information content (AvgIpc) is 3.11. The molecular formula is C28H43N4O4+. The van der Waals surface area contributed by atoms with Crippen molar-refractivity contribution in [1.29, 1.82) is 0 Å². The summed E-state index contributed by atoms with van der Waals surface area (Å²) < 4.78 is 12.6. The van der Waals surface area contributed by atoms with Gasteiger partial charge in [-0.2, -0.15) is 0 Å².